The number of anilines is 1. The third-order valence-corrected chi connectivity index (χ3v) is 3.11. The van der Waals surface area contributed by atoms with Crippen LogP contribution in [0.4, 0.5) is 5.69 Å². The highest BCUT2D eigenvalue weighted by Gasteiger charge is 2.10. The number of hydrogen-bond acceptors (Lipinski definition) is 2. The van der Waals surface area contributed by atoms with Crippen molar-refractivity contribution in [3.05, 3.63) is 58.6 Å². The third-order valence-electron chi connectivity index (χ3n) is 2.45. The molecule has 0 bridgehead atoms. The lowest BCUT2D eigenvalue weighted by atomic mass is 10.2. The van der Waals surface area contributed by atoms with Crippen LogP contribution in [0.3, 0.4) is 0 Å². The fraction of sp³-hybridized carbons (Fsp3) is 0.0714. The molecule has 92 valence electrons. The van der Waals surface area contributed by atoms with Gasteiger partial charge in [0.2, 0.25) is 0 Å². The molecule has 0 radical (unpaired) electrons. The molecule has 0 saturated heterocycles. The zero-order valence-electron chi connectivity index (χ0n) is 9.81. The van der Waals surface area contributed by atoms with Crippen LogP contribution in [0.1, 0.15) is 10.4 Å². The fourth-order valence-corrected chi connectivity index (χ4v) is 2.06. The molecule has 0 aliphatic carbocycles. The first-order valence-electron chi connectivity index (χ1n) is 5.40. The van der Waals surface area contributed by atoms with Gasteiger partial charge in [-0.25, -0.2) is 0 Å². The number of carbonyl (C=O) groups excluding carboxylic acids is 1. The van der Waals surface area contributed by atoms with E-state index in [-0.39, 0.29) is 5.91 Å². The second kappa shape index (κ2) is 5.69. The Morgan fingerprint density at radius 3 is 2.50 bits per heavy atom. The molecule has 0 fully saturated rings. The van der Waals surface area contributed by atoms with Crippen LogP contribution >= 0.6 is 15.9 Å². The molecule has 0 atom stereocenters. The average Bonchev–Trinajstić information content (AvgIpc) is 2.39. The lowest BCUT2D eigenvalue weighted by Gasteiger charge is -2.08. The van der Waals surface area contributed by atoms with Gasteiger partial charge in [-0.2, -0.15) is 0 Å². The van der Waals surface area contributed by atoms with Crippen molar-refractivity contribution in [1.82, 2.24) is 0 Å². The van der Waals surface area contributed by atoms with Crippen molar-refractivity contribution < 1.29 is 9.53 Å². The van der Waals surface area contributed by atoms with Crippen molar-refractivity contribution in [3.63, 3.8) is 0 Å². The Morgan fingerprint density at radius 2 is 1.89 bits per heavy atom. The minimum Gasteiger partial charge on any atom is -0.497 e. The number of halogens is 1. The molecular weight excluding hydrogens is 294 g/mol. The van der Waals surface area contributed by atoms with Gasteiger partial charge in [0.15, 0.2) is 0 Å². The lowest BCUT2D eigenvalue weighted by Crippen LogP contribution is -2.12. The van der Waals surface area contributed by atoms with Gasteiger partial charge < -0.3 is 10.1 Å². The molecule has 18 heavy (non-hydrogen) atoms. The Morgan fingerprint density at radius 1 is 1.17 bits per heavy atom. The van der Waals surface area contributed by atoms with Crippen molar-refractivity contribution in [2.45, 2.75) is 0 Å². The summed E-state index contributed by atoms with van der Waals surface area (Å²) >= 11 is 3.36. The highest BCUT2D eigenvalue weighted by molar-refractivity contribution is 9.10. The van der Waals surface area contributed by atoms with Gasteiger partial charge in [-0.3, -0.25) is 4.79 Å². The van der Waals surface area contributed by atoms with E-state index in [2.05, 4.69) is 21.2 Å². The number of nitrogens with one attached hydrogen (secondary N) is 1. The van der Waals surface area contributed by atoms with E-state index < -0.39 is 0 Å². The summed E-state index contributed by atoms with van der Waals surface area (Å²) in [5, 5.41) is 2.83. The predicted octanol–water partition coefficient (Wildman–Crippen LogP) is 3.71. The van der Waals surface area contributed by atoms with Crippen molar-refractivity contribution in [1.29, 1.82) is 0 Å². The maximum absolute atomic E-state index is 12.1. The number of hydrogen-bond donors (Lipinski definition) is 1. The molecule has 1 N–H and O–H groups in total. The highest BCUT2D eigenvalue weighted by Crippen LogP contribution is 2.23. The van der Waals surface area contributed by atoms with Gasteiger partial charge in [-0.15, -0.1) is 0 Å². The van der Waals surface area contributed by atoms with Gasteiger partial charge >= 0.3 is 0 Å². The second-order valence-electron chi connectivity index (χ2n) is 3.67. The van der Waals surface area contributed by atoms with E-state index in [1.165, 1.54) is 0 Å². The fourth-order valence-electron chi connectivity index (χ4n) is 1.53. The summed E-state index contributed by atoms with van der Waals surface area (Å²) in [6.45, 7) is 0. The predicted molar refractivity (Wildman–Crippen MR) is 75.1 cm³/mol. The van der Waals surface area contributed by atoms with Crippen LogP contribution in [-0.4, -0.2) is 13.0 Å². The Hall–Kier alpha value is -1.81. The van der Waals surface area contributed by atoms with E-state index in [0.717, 1.165) is 5.69 Å². The summed E-state index contributed by atoms with van der Waals surface area (Å²) in [6.07, 6.45) is 0. The van der Waals surface area contributed by atoms with E-state index >= 15 is 0 Å². The molecule has 0 aromatic heterocycles. The van der Waals surface area contributed by atoms with Crippen LogP contribution < -0.4 is 10.1 Å². The number of methoxy groups -OCH3 is 1. The van der Waals surface area contributed by atoms with Gasteiger partial charge in [-0.1, -0.05) is 18.2 Å². The first-order valence-corrected chi connectivity index (χ1v) is 6.20. The molecular formula is C14H12BrNO2. The van der Waals surface area contributed by atoms with Crippen LogP contribution in [0.15, 0.2) is 53.0 Å². The average molecular weight is 306 g/mol. The quantitative estimate of drug-likeness (QED) is 0.939. The van der Waals surface area contributed by atoms with Crippen LogP contribution in [0.5, 0.6) is 5.75 Å². The molecule has 1 amide bonds. The normalized spacial score (nSPS) is 9.89. The number of para-hydroxylation sites is 1. The van der Waals surface area contributed by atoms with Crippen molar-refractivity contribution >= 4 is 27.5 Å². The van der Waals surface area contributed by atoms with Crippen molar-refractivity contribution in [3.8, 4) is 5.75 Å². The van der Waals surface area contributed by atoms with E-state index in [4.69, 9.17) is 4.74 Å². The number of ether oxygens (including phenoxy) is 1. The molecule has 3 nitrogen and oxygen atoms in total. The van der Waals surface area contributed by atoms with Crippen LogP contribution in [0.2, 0.25) is 0 Å². The summed E-state index contributed by atoms with van der Waals surface area (Å²) in [6, 6.07) is 14.6. The topological polar surface area (TPSA) is 38.3 Å². The van der Waals surface area contributed by atoms with Gasteiger partial charge in [0.05, 0.1) is 12.7 Å². The van der Waals surface area contributed by atoms with Gasteiger partial charge in [0.1, 0.15) is 5.75 Å². The molecule has 2 aromatic rings. The van der Waals surface area contributed by atoms with Gasteiger partial charge in [-0.05, 0) is 46.3 Å². The summed E-state index contributed by atoms with van der Waals surface area (Å²) in [4.78, 5) is 12.1. The van der Waals surface area contributed by atoms with Crippen LogP contribution in [0.25, 0.3) is 0 Å². The molecule has 0 saturated carbocycles. The number of amides is 1. The minimum absolute atomic E-state index is 0.157. The Kier molecular flexibility index (Phi) is 3.99. The number of carbonyl (C=O) groups is 1. The summed E-state index contributed by atoms with van der Waals surface area (Å²) in [5.74, 6) is 0.550. The van der Waals surface area contributed by atoms with E-state index in [9.17, 15) is 4.79 Å². The molecule has 2 rings (SSSR count). The maximum Gasteiger partial charge on any atom is 0.256 e. The summed E-state index contributed by atoms with van der Waals surface area (Å²) in [7, 11) is 1.59. The van der Waals surface area contributed by atoms with Crippen molar-refractivity contribution in [2.75, 3.05) is 12.4 Å². The zero-order chi connectivity index (χ0) is 13.0. The monoisotopic (exact) mass is 305 g/mol. The highest BCUT2D eigenvalue weighted by atomic mass is 79.9. The maximum atomic E-state index is 12.1. The Bertz CT molecular complexity index is 555. The second-order valence-corrected chi connectivity index (χ2v) is 4.52. The first kappa shape index (κ1) is 12.6. The van der Waals surface area contributed by atoms with E-state index in [1.807, 2.05) is 30.3 Å². The Labute approximate surface area is 114 Å². The largest absolute Gasteiger partial charge is 0.497 e. The summed E-state index contributed by atoms with van der Waals surface area (Å²) < 4.78 is 5.79. The molecule has 2 aromatic carbocycles. The van der Waals surface area contributed by atoms with Crippen LogP contribution in [0, 0.1) is 0 Å². The van der Waals surface area contributed by atoms with E-state index in [1.54, 1.807) is 25.3 Å². The van der Waals surface area contributed by atoms with Crippen molar-refractivity contribution in [2.24, 2.45) is 0 Å². The molecule has 0 heterocycles. The molecule has 0 unspecified atom stereocenters. The van der Waals surface area contributed by atoms with Crippen LogP contribution in [-0.2, 0) is 0 Å². The van der Waals surface area contributed by atoms with Gasteiger partial charge in [0, 0.05) is 10.2 Å². The third kappa shape index (κ3) is 2.90. The zero-order valence-corrected chi connectivity index (χ0v) is 11.4. The summed E-state index contributed by atoms with van der Waals surface area (Å²) in [5.41, 5.74) is 1.34. The standard InChI is InChI=1S/C14H12BrNO2/c1-18-11-7-8-12(13(15)9-11)14(17)16-10-5-3-2-4-6-10/h2-9H,1H3,(H,16,17). The first-order chi connectivity index (χ1) is 8.70. The molecule has 0 aliphatic heterocycles. The van der Waals surface area contributed by atoms with Gasteiger partial charge in [0.25, 0.3) is 5.91 Å². The minimum atomic E-state index is -0.157. The molecule has 0 aliphatic rings. The number of rotatable bonds is 3. The smallest absolute Gasteiger partial charge is 0.256 e. The Balaban J connectivity index is 2.19. The van der Waals surface area contributed by atoms with E-state index in [0.29, 0.717) is 15.8 Å². The lowest BCUT2D eigenvalue weighted by molar-refractivity contribution is 0.102. The number of benzene rings is 2. The molecule has 0 spiro atoms. The SMILES string of the molecule is COc1ccc(C(=O)Nc2ccccc2)c(Br)c1. The molecule has 4 heteroatoms.